The van der Waals surface area contributed by atoms with Crippen LogP contribution in [0.15, 0.2) is 58.3 Å². The average molecular weight is 351 g/mol. The van der Waals surface area contributed by atoms with Gasteiger partial charge in [-0.05, 0) is 49.6 Å². The van der Waals surface area contributed by atoms with E-state index < -0.39 is 16.0 Å². The van der Waals surface area contributed by atoms with Crippen LogP contribution in [0.3, 0.4) is 0 Å². The molecule has 0 atom stereocenters. The monoisotopic (exact) mass is 351 g/mol. The number of nitrogens with one attached hydrogen (secondary N) is 1. The fourth-order valence-corrected chi connectivity index (χ4v) is 3.41. The minimum Gasteiger partial charge on any atom is -0.462 e. The van der Waals surface area contributed by atoms with Gasteiger partial charge in [0, 0.05) is 4.90 Å². The molecule has 0 heterocycles. The van der Waals surface area contributed by atoms with Crippen LogP contribution in [0.4, 0.5) is 5.69 Å². The van der Waals surface area contributed by atoms with Crippen molar-refractivity contribution in [3.05, 3.63) is 54.1 Å². The van der Waals surface area contributed by atoms with Crippen LogP contribution < -0.4 is 4.72 Å². The molecule has 0 saturated carbocycles. The van der Waals surface area contributed by atoms with Crippen LogP contribution in [0.25, 0.3) is 0 Å². The highest BCUT2D eigenvalue weighted by molar-refractivity contribution is 7.98. The molecule has 0 bridgehead atoms. The molecule has 0 aliphatic rings. The molecule has 2 aromatic carbocycles. The zero-order valence-corrected chi connectivity index (χ0v) is 14.4. The van der Waals surface area contributed by atoms with Crippen LogP contribution in [-0.4, -0.2) is 27.2 Å². The zero-order valence-electron chi connectivity index (χ0n) is 12.8. The number of carbonyl (C=O) groups excluding carboxylic acids is 1. The molecule has 0 aliphatic heterocycles. The minimum atomic E-state index is -3.78. The zero-order chi connectivity index (χ0) is 16.9. The van der Waals surface area contributed by atoms with Crippen molar-refractivity contribution in [2.24, 2.45) is 0 Å². The van der Waals surface area contributed by atoms with Crippen LogP contribution in [-0.2, 0) is 14.8 Å². The molecule has 0 fully saturated rings. The van der Waals surface area contributed by atoms with Gasteiger partial charge in [-0.1, -0.05) is 12.1 Å². The second-order valence-corrected chi connectivity index (χ2v) is 7.11. The summed E-state index contributed by atoms with van der Waals surface area (Å²) in [7, 11) is -3.78. The van der Waals surface area contributed by atoms with E-state index >= 15 is 0 Å². The second kappa shape index (κ2) is 7.52. The first-order valence-corrected chi connectivity index (χ1v) is 9.61. The topological polar surface area (TPSA) is 72.5 Å². The molecule has 0 unspecified atom stereocenters. The van der Waals surface area contributed by atoms with Crippen LogP contribution in [0.1, 0.15) is 17.3 Å². The second-order valence-electron chi connectivity index (χ2n) is 4.55. The lowest BCUT2D eigenvalue weighted by Gasteiger charge is -2.12. The number of thioether (sulfide) groups is 1. The van der Waals surface area contributed by atoms with Gasteiger partial charge in [-0.3, -0.25) is 4.72 Å². The Kier molecular flexibility index (Phi) is 5.68. The molecule has 0 amide bonds. The van der Waals surface area contributed by atoms with Gasteiger partial charge in [0.2, 0.25) is 0 Å². The Morgan fingerprint density at radius 1 is 1.13 bits per heavy atom. The number of rotatable bonds is 6. The summed E-state index contributed by atoms with van der Waals surface area (Å²) in [5.41, 5.74) is 0.374. The Morgan fingerprint density at radius 3 is 2.39 bits per heavy atom. The van der Waals surface area contributed by atoms with Gasteiger partial charge in [0.05, 0.1) is 22.8 Å². The average Bonchev–Trinajstić information content (AvgIpc) is 2.55. The summed E-state index contributed by atoms with van der Waals surface area (Å²) in [4.78, 5) is 13.0. The normalized spacial score (nSPS) is 11.0. The third-order valence-electron chi connectivity index (χ3n) is 3.04. The summed E-state index contributed by atoms with van der Waals surface area (Å²) in [6.07, 6.45) is 1.91. The van der Waals surface area contributed by atoms with E-state index in [4.69, 9.17) is 4.74 Å². The summed E-state index contributed by atoms with van der Waals surface area (Å²) in [6.45, 7) is 1.91. The number of anilines is 1. The highest BCUT2D eigenvalue weighted by Gasteiger charge is 2.19. The Balaban J connectivity index is 2.31. The molecule has 2 rings (SSSR count). The third kappa shape index (κ3) is 4.27. The van der Waals surface area contributed by atoms with Gasteiger partial charge in [0.25, 0.3) is 10.0 Å². The Bertz CT molecular complexity index is 786. The Morgan fingerprint density at radius 2 is 1.78 bits per heavy atom. The van der Waals surface area contributed by atoms with Gasteiger partial charge in [0.1, 0.15) is 0 Å². The summed E-state index contributed by atoms with van der Waals surface area (Å²) in [6, 6.07) is 12.9. The molecule has 2 aromatic rings. The number of para-hydroxylation sites is 1. The van der Waals surface area contributed by atoms with E-state index in [-0.39, 0.29) is 22.8 Å². The number of hydrogen-bond acceptors (Lipinski definition) is 5. The van der Waals surface area contributed by atoms with Crippen molar-refractivity contribution in [1.29, 1.82) is 0 Å². The van der Waals surface area contributed by atoms with Gasteiger partial charge in [-0.2, -0.15) is 0 Å². The maximum absolute atomic E-state index is 12.5. The molecular formula is C16H17NO4S2. The maximum atomic E-state index is 12.5. The molecule has 0 aromatic heterocycles. The largest absolute Gasteiger partial charge is 0.462 e. The van der Waals surface area contributed by atoms with E-state index in [0.717, 1.165) is 4.90 Å². The van der Waals surface area contributed by atoms with Crippen LogP contribution in [0, 0.1) is 0 Å². The maximum Gasteiger partial charge on any atom is 0.340 e. The summed E-state index contributed by atoms with van der Waals surface area (Å²) in [5, 5.41) is 0. The first kappa shape index (κ1) is 17.4. The van der Waals surface area contributed by atoms with Gasteiger partial charge in [-0.15, -0.1) is 11.8 Å². The number of sulfonamides is 1. The van der Waals surface area contributed by atoms with Crippen molar-refractivity contribution in [1.82, 2.24) is 0 Å². The molecule has 23 heavy (non-hydrogen) atoms. The third-order valence-corrected chi connectivity index (χ3v) is 5.16. The quantitative estimate of drug-likeness (QED) is 0.638. The van der Waals surface area contributed by atoms with Crippen LogP contribution >= 0.6 is 11.8 Å². The predicted octanol–water partition coefficient (Wildman–Crippen LogP) is 3.39. The molecular weight excluding hydrogens is 334 g/mol. The van der Waals surface area contributed by atoms with Crippen molar-refractivity contribution in [2.45, 2.75) is 16.7 Å². The first-order valence-electron chi connectivity index (χ1n) is 6.91. The number of carbonyl (C=O) groups is 1. The van der Waals surface area contributed by atoms with Crippen molar-refractivity contribution in [2.75, 3.05) is 17.6 Å². The molecule has 1 N–H and O–H groups in total. The molecule has 0 radical (unpaired) electrons. The number of ether oxygens (including phenoxy) is 1. The fourth-order valence-electron chi connectivity index (χ4n) is 1.92. The van der Waals surface area contributed by atoms with Gasteiger partial charge in [0.15, 0.2) is 0 Å². The fraction of sp³-hybridized carbons (Fsp3) is 0.188. The van der Waals surface area contributed by atoms with Gasteiger partial charge < -0.3 is 4.74 Å². The highest BCUT2D eigenvalue weighted by Crippen LogP contribution is 2.22. The highest BCUT2D eigenvalue weighted by atomic mass is 32.2. The Labute approximate surface area is 140 Å². The summed E-state index contributed by atoms with van der Waals surface area (Å²) < 4.78 is 32.3. The lowest BCUT2D eigenvalue weighted by atomic mass is 10.2. The van der Waals surface area contributed by atoms with E-state index in [1.54, 1.807) is 31.2 Å². The SMILES string of the molecule is CCOC(=O)c1ccccc1NS(=O)(=O)c1ccc(SC)cc1. The number of esters is 1. The van der Waals surface area contributed by atoms with Crippen molar-refractivity contribution in [3.8, 4) is 0 Å². The molecule has 0 aliphatic carbocycles. The van der Waals surface area contributed by atoms with Crippen molar-refractivity contribution in [3.63, 3.8) is 0 Å². The summed E-state index contributed by atoms with van der Waals surface area (Å²) >= 11 is 1.53. The standard InChI is InChI=1S/C16H17NO4S2/c1-3-21-16(18)14-6-4-5-7-15(14)17-23(19,20)13-10-8-12(22-2)9-11-13/h4-11,17H,3H2,1-2H3. The Hall–Kier alpha value is -1.99. The lowest BCUT2D eigenvalue weighted by Crippen LogP contribution is -2.16. The van der Waals surface area contributed by atoms with E-state index in [1.165, 1.54) is 36.0 Å². The molecule has 122 valence electrons. The number of benzene rings is 2. The summed E-state index contributed by atoms with van der Waals surface area (Å²) in [5.74, 6) is -0.566. The number of hydrogen-bond donors (Lipinski definition) is 1. The predicted molar refractivity (Wildman–Crippen MR) is 91.4 cm³/mol. The first-order chi connectivity index (χ1) is 11.0. The van der Waals surface area contributed by atoms with E-state index in [2.05, 4.69) is 4.72 Å². The molecule has 7 heteroatoms. The van der Waals surface area contributed by atoms with Gasteiger partial charge in [-0.25, -0.2) is 13.2 Å². The van der Waals surface area contributed by atoms with E-state index in [0.29, 0.717) is 0 Å². The van der Waals surface area contributed by atoms with E-state index in [1.807, 2.05) is 6.26 Å². The van der Waals surface area contributed by atoms with Crippen LogP contribution in [0.5, 0.6) is 0 Å². The van der Waals surface area contributed by atoms with Gasteiger partial charge >= 0.3 is 5.97 Å². The van der Waals surface area contributed by atoms with Crippen molar-refractivity contribution < 1.29 is 17.9 Å². The molecule has 0 spiro atoms. The minimum absolute atomic E-state index is 0.133. The van der Waals surface area contributed by atoms with Crippen molar-refractivity contribution >= 4 is 33.4 Å². The van der Waals surface area contributed by atoms with E-state index in [9.17, 15) is 13.2 Å². The smallest absolute Gasteiger partial charge is 0.340 e. The molecule has 0 saturated heterocycles. The van der Waals surface area contributed by atoms with Crippen LogP contribution in [0.2, 0.25) is 0 Å². The molecule has 5 nitrogen and oxygen atoms in total. The lowest BCUT2D eigenvalue weighted by molar-refractivity contribution is 0.0527.